The molecule has 1 saturated carbocycles. The van der Waals surface area contributed by atoms with E-state index in [1.165, 1.54) is 12.1 Å². The molecule has 3 atom stereocenters. The third-order valence-corrected chi connectivity index (χ3v) is 5.72. The molecular weight excluding hydrogens is 393 g/mol. The van der Waals surface area contributed by atoms with E-state index in [1.807, 2.05) is 25.1 Å². The van der Waals surface area contributed by atoms with Gasteiger partial charge in [0.15, 0.2) is 0 Å². The highest BCUT2D eigenvalue weighted by molar-refractivity contribution is 6.31. The summed E-state index contributed by atoms with van der Waals surface area (Å²) in [6.07, 6.45) is 1.36. The molecule has 7 heteroatoms. The monoisotopic (exact) mass is 411 g/mol. The van der Waals surface area contributed by atoms with Gasteiger partial charge in [-0.05, 0) is 61.7 Å². The Morgan fingerprint density at radius 1 is 1.34 bits per heavy atom. The summed E-state index contributed by atoms with van der Waals surface area (Å²) in [5.41, 5.74) is 2.40. The van der Waals surface area contributed by atoms with Crippen LogP contribution < -0.4 is 5.32 Å². The number of fused-ring (bicyclic) bond motifs is 2. The third-order valence-electron chi connectivity index (χ3n) is 5.49. The lowest BCUT2D eigenvalue weighted by molar-refractivity contribution is -0.122. The highest BCUT2D eigenvalue weighted by Gasteiger charge is 2.42. The molecule has 2 heterocycles. The van der Waals surface area contributed by atoms with E-state index in [0.29, 0.717) is 28.2 Å². The second-order valence-corrected chi connectivity index (χ2v) is 8.15. The van der Waals surface area contributed by atoms with Crippen LogP contribution in [-0.4, -0.2) is 15.9 Å². The van der Waals surface area contributed by atoms with Gasteiger partial charge in [-0.15, -0.1) is 0 Å². The number of carbonyl (C=O) groups is 1. The van der Waals surface area contributed by atoms with Crippen molar-refractivity contribution < 1.29 is 13.6 Å². The molecule has 0 aliphatic heterocycles. The largest absolute Gasteiger partial charge is 0.459 e. The maximum absolute atomic E-state index is 13.3. The van der Waals surface area contributed by atoms with Crippen LogP contribution in [0.15, 0.2) is 46.9 Å². The molecule has 1 aliphatic rings. The molecule has 0 radical (unpaired) electrons. The highest BCUT2D eigenvalue weighted by atomic mass is 35.5. The van der Waals surface area contributed by atoms with Gasteiger partial charge in [0.05, 0.1) is 17.1 Å². The Kier molecular flexibility index (Phi) is 4.32. The van der Waals surface area contributed by atoms with Gasteiger partial charge >= 0.3 is 0 Å². The van der Waals surface area contributed by atoms with Crippen LogP contribution in [0.4, 0.5) is 4.39 Å². The molecule has 2 aromatic carbocycles. The first-order chi connectivity index (χ1) is 14.0. The Morgan fingerprint density at radius 2 is 2.21 bits per heavy atom. The number of amides is 1. The van der Waals surface area contributed by atoms with Crippen LogP contribution >= 0.6 is 11.6 Å². The lowest BCUT2D eigenvalue weighted by Crippen LogP contribution is -2.26. The summed E-state index contributed by atoms with van der Waals surface area (Å²) < 4.78 is 19.1. The van der Waals surface area contributed by atoms with Crippen LogP contribution in [0.25, 0.3) is 22.0 Å². The number of halogens is 2. The van der Waals surface area contributed by atoms with E-state index in [4.69, 9.17) is 16.0 Å². The zero-order valence-corrected chi connectivity index (χ0v) is 16.5. The van der Waals surface area contributed by atoms with Gasteiger partial charge in [-0.2, -0.15) is 0 Å². The summed E-state index contributed by atoms with van der Waals surface area (Å²) in [7, 11) is 0. The first kappa shape index (κ1) is 18.2. The Hall–Kier alpha value is -2.86. The van der Waals surface area contributed by atoms with E-state index < -0.39 is 0 Å². The Bertz CT molecular complexity index is 1230. The maximum Gasteiger partial charge on any atom is 0.220 e. The molecule has 0 bridgehead atoms. The number of H-pyrrole nitrogens is 1. The van der Waals surface area contributed by atoms with Crippen molar-refractivity contribution in [2.45, 2.75) is 31.7 Å². The second-order valence-electron chi connectivity index (χ2n) is 7.71. The standard InChI is InChI=1S/C22H19ClFN3O2/c1-11(20-8-13-6-15(24)3-5-19(13)29-20)25-21(28)9-12-7-16(12)22-26-17-4-2-14(23)10-18(17)27-22/h2-6,8,10-12,16H,7,9H2,1H3,(H,25,28)(H,26,27)/t11-,12+,16+/m1/s1. The first-order valence-electron chi connectivity index (χ1n) is 9.60. The highest BCUT2D eigenvalue weighted by Crippen LogP contribution is 2.48. The smallest absolute Gasteiger partial charge is 0.220 e. The number of imidazole rings is 1. The number of carbonyl (C=O) groups excluding carboxylic acids is 1. The van der Waals surface area contributed by atoms with Gasteiger partial charge in [0.1, 0.15) is 23.0 Å². The number of hydrogen-bond donors (Lipinski definition) is 2. The summed E-state index contributed by atoms with van der Waals surface area (Å²) in [5, 5.41) is 4.33. The maximum atomic E-state index is 13.3. The van der Waals surface area contributed by atoms with Gasteiger partial charge in [-0.3, -0.25) is 4.79 Å². The van der Waals surface area contributed by atoms with E-state index in [-0.39, 0.29) is 29.6 Å². The lowest BCUT2D eigenvalue weighted by atomic mass is 10.2. The topological polar surface area (TPSA) is 70.9 Å². The van der Waals surface area contributed by atoms with Crippen molar-refractivity contribution >= 4 is 39.5 Å². The van der Waals surface area contributed by atoms with Crippen molar-refractivity contribution in [2.24, 2.45) is 5.92 Å². The van der Waals surface area contributed by atoms with E-state index in [2.05, 4.69) is 15.3 Å². The average molecular weight is 412 g/mol. The van der Waals surface area contributed by atoms with Gasteiger partial charge < -0.3 is 14.7 Å². The van der Waals surface area contributed by atoms with Crippen molar-refractivity contribution in [3.05, 3.63) is 64.9 Å². The van der Waals surface area contributed by atoms with Crippen molar-refractivity contribution in [3.8, 4) is 0 Å². The summed E-state index contributed by atoms with van der Waals surface area (Å²) in [6.45, 7) is 1.86. The number of rotatable bonds is 5. The number of hydrogen-bond acceptors (Lipinski definition) is 3. The number of nitrogens with one attached hydrogen (secondary N) is 2. The molecule has 148 valence electrons. The van der Waals surface area contributed by atoms with E-state index in [9.17, 15) is 9.18 Å². The van der Waals surface area contributed by atoms with Crippen molar-refractivity contribution in [1.82, 2.24) is 15.3 Å². The molecule has 1 aliphatic carbocycles. The molecular formula is C22H19ClFN3O2. The Balaban J connectivity index is 1.21. The molecule has 4 aromatic rings. The molecule has 0 spiro atoms. The minimum atomic E-state index is -0.311. The van der Waals surface area contributed by atoms with Crippen molar-refractivity contribution in [3.63, 3.8) is 0 Å². The summed E-state index contributed by atoms with van der Waals surface area (Å²) in [6, 6.07) is 11.4. The molecule has 0 unspecified atom stereocenters. The summed E-state index contributed by atoms with van der Waals surface area (Å²) in [5.74, 6) is 1.71. The first-order valence-corrected chi connectivity index (χ1v) is 9.97. The average Bonchev–Trinajstić information content (AvgIpc) is 3.11. The van der Waals surface area contributed by atoms with Crippen molar-refractivity contribution in [1.29, 1.82) is 0 Å². The van der Waals surface area contributed by atoms with Gasteiger partial charge in [-0.1, -0.05) is 11.6 Å². The fourth-order valence-electron chi connectivity index (χ4n) is 3.84. The van der Waals surface area contributed by atoms with Gasteiger partial charge in [0.25, 0.3) is 0 Å². The molecule has 0 saturated heterocycles. The number of furan rings is 1. The molecule has 2 N–H and O–H groups in total. The van der Waals surface area contributed by atoms with Crippen LogP contribution in [0.1, 0.15) is 43.3 Å². The van der Waals surface area contributed by atoms with Gasteiger partial charge in [0, 0.05) is 22.7 Å². The van der Waals surface area contributed by atoms with Gasteiger partial charge in [-0.25, -0.2) is 9.37 Å². The van der Waals surface area contributed by atoms with Gasteiger partial charge in [0.2, 0.25) is 5.91 Å². The normalized spacial score (nSPS) is 19.6. The molecule has 2 aromatic heterocycles. The van der Waals surface area contributed by atoms with Crippen molar-refractivity contribution in [2.75, 3.05) is 0 Å². The molecule has 5 rings (SSSR count). The molecule has 1 fully saturated rings. The minimum Gasteiger partial charge on any atom is -0.459 e. The van der Waals surface area contributed by atoms with Crippen LogP contribution in [0.5, 0.6) is 0 Å². The Morgan fingerprint density at radius 3 is 3.07 bits per heavy atom. The Labute approximate surface area is 171 Å². The number of aromatic nitrogens is 2. The van der Waals surface area contributed by atoms with Crippen LogP contribution in [-0.2, 0) is 4.79 Å². The zero-order chi connectivity index (χ0) is 20.1. The van der Waals surface area contributed by atoms with Crippen LogP contribution in [0, 0.1) is 11.7 Å². The van der Waals surface area contributed by atoms with Crippen LogP contribution in [0.2, 0.25) is 5.02 Å². The fraction of sp³-hybridized carbons (Fsp3) is 0.273. The minimum absolute atomic E-state index is 0.0317. The van der Waals surface area contributed by atoms with E-state index in [0.717, 1.165) is 23.3 Å². The molecule has 1 amide bonds. The number of benzene rings is 2. The number of aromatic amines is 1. The SMILES string of the molecule is C[C@@H](NC(=O)C[C@@H]1C[C@@H]1c1nc2ccc(Cl)cc2[nH]1)c1cc2cc(F)ccc2o1. The fourth-order valence-corrected chi connectivity index (χ4v) is 4.02. The summed E-state index contributed by atoms with van der Waals surface area (Å²) >= 11 is 6.03. The number of nitrogens with zero attached hydrogens (tertiary/aromatic N) is 1. The van der Waals surface area contributed by atoms with E-state index in [1.54, 1.807) is 12.1 Å². The molecule has 5 nitrogen and oxygen atoms in total. The summed E-state index contributed by atoms with van der Waals surface area (Å²) in [4.78, 5) is 20.4. The lowest BCUT2D eigenvalue weighted by Gasteiger charge is -2.11. The predicted molar refractivity (Wildman–Crippen MR) is 109 cm³/mol. The zero-order valence-electron chi connectivity index (χ0n) is 15.7. The second kappa shape index (κ2) is 6.88. The predicted octanol–water partition coefficient (Wildman–Crippen LogP) is 5.47. The third kappa shape index (κ3) is 3.60. The van der Waals surface area contributed by atoms with E-state index >= 15 is 0 Å². The molecule has 29 heavy (non-hydrogen) atoms. The van der Waals surface area contributed by atoms with Crippen LogP contribution in [0.3, 0.4) is 0 Å². The quantitative estimate of drug-likeness (QED) is 0.457.